The summed E-state index contributed by atoms with van der Waals surface area (Å²) in [6, 6.07) is 3.69. The van der Waals surface area contributed by atoms with Gasteiger partial charge in [-0.1, -0.05) is 0 Å². The summed E-state index contributed by atoms with van der Waals surface area (Å²) in [5.41, 5.74) is 13.3. The van der Waals surface area contributed by atoms with Crippen LogP contribution < -0.4 is 30.1 Å². The average molecular weight is 440 g/mol. The molecule has 0 atom stereocenters. The third-order valence-corrected chi connectivity index (χ3v) is 1.81. The Kier molecular flexibility index (Phi) is 11.6. The fraction of sp³-hybridized carbons (Fsp3) is 0.273. The minimum absolute atomic E-state index is 0. The maximum atomic E-state index is 8.49. The predicted octanol–water partition coefficient (Wildman–Crippen LogP) is -3.72. The van der Waals surface area contributed by atoms with E-state index in [0.29, 0.717) is 11.9 Å². The molecule has 0 bridgehead atoms. The van der Waals surface area contributed by atoms with E-state index in [1.54, 1.807) is 12.3 Å². The standard InChI is InChI=1S/C6H9N3.C5H7N3.Ag.ClHO4/c1-4-3-5(2)9-6(7)8-4;1-4-2-3-7-5(6)8-4;;2-1(3,4)5/h3H,1-2H3,(H2,7,8,9);2-3H,1H3,(H2,6,7,8);;(H,2,3,4,5)/q;;+1;/p-1. The topological polar surface area (TPSA) is 196 Å². The SMILES string of the molecule is Cc1cc(C)nc(N)n1.Cc1ccnc(N)n1.[Ag+].[O-][Cl+3]([O-])([O-])[O-]. The summed E-state index contributed by atoms with van der Waals surface area (Å²) in [5.74, 6) is 0.692. The van der Waals surface area contributed by atoms with Crippen molar-refractivity contribution in [2.75, 3.05) is 11.5 Å². The zero-order chi connectivity index (χ0) is 17.3. The van der Waals surface area contributed by atoms with E-state index in [0.717, 1.165) is 17.1 Å². The first-order valence-corrected chi connectivity index (χ1v) is 6.95. The summed E-state index contributed by atoms with van der Waals surface area (Å²) in [4.78, 5) is 15.3. The van der Waals surface area contributed by atoms with Gasteiger partial charge >= 0.3 is 22.4 Å². The molecule has 0 unspecified atom stereocenters. The third kappa shape index (κ3) is 16.8. The molecule has 0 aliphatic carbocycles. The van der Waals surface area contributed by atoms with Crippen molar-refractivity contribution in [3.63, 3.8) is 0 Å². The number of rotatable bonds is 0. The van der Waals surface area contributed by atoms with Crippen molar-refractivity contribution in [3.8, 4) is 0 Å². The number of hydrogen-bond acceptors (Lipinski definition) is 10. The van der Waals surface area contributed by atoms with Gasteiger partial charge in [-0.3, -0.25) is 0 Å². The van der Waals surface area contributed by atoms with Gasteiger partial charge in [0.1, 0.15) is 0 Å². The minimum atomic E-state index is -4.94. The van der Waals surface area contributed by atoms with E-state index in [4.69, 9.17) is 30.1 Å². The van der Waals surface area contributed by atoms with Crippen molar-refractivity contribution in [2.45, 2.75) is 20.8 Å². The molecule has 2 heterocycles. The van der Waals surface area contributed by atoms with Crippen molar-refractivity contribution in [2.24, 2.45) is 0 Å². The van der Waals surface area contributed by atoms with Gasteiger partial charge in [-0.05, 0) is 32.9 Å². The molecule has 0 radical (unpaired) electrons. The second-order valence-corrected chi connectivity index (χ2v) is 4.70. The number of nitrogens with two attached hydrogens (primary N) is 2. The van der Waals surface area contributed by atoms with E-state index in [2.05, 4.69) is 19.9 Å². The van der Waals surface area contributed by atoms with E-state index >= 15 is 0 Å². The van der Waals surface area contributed by atoms with Crippen LogP contribution in [0.3, 0.4) is 0 Å². The normalized spacial score (nSPS) is 9.52. The maximum Gasteiger partial charge on any atom is 1.00 e. The number of halogens is 1. The van der Waals surface area contributed by atoms with E-state index in [-0.39, 0.29) is 22.4 Å². The quantitative estimate of drug-likeness (QED) is 0.385. The van der Waals surface area contributed by atoms with Crippen LogP contribution in [0.5, 0.6) is 0 Å². The van der Waals surface area contributed by atoms with Crippen molar-refractivity contribution in [3.05, 3.63) is 35.4 Å². The van der Waals surface area contributed by atoms with Gasteiger partial charge in [-0.2, -0.15) is 0 Å². The van der Waals surface area contributed by atoms with E-state index < -0.39 is 10.2 Å². The van der Waals surface area contributed by atoms with Crippen LogP contribution in [0.1, 0.15) is 17.1 Å². The molecule has 10 nitrogen and oxygen atoms in total. The molecule has 2 aromatic heterocycles. The van der Waals surface area contributed by atoms with Crippen LogP contribution in [-0.2, 0) is 22.4 Å². The second kappa shape index (κ2) is 11.2. The van der Waals surface area contributed by atoms with Gasteiger partial charge in [0.15, 0.2) is 0 Å². The Morgan fingerprint density at radius 1 is 0.826 bits per heavy atom. The molecule has 0 spiro atoms. The number of hydrogen-bond donors (Lipinski definition) is 2. The van der Waals surface area contributed by atoms with Crippen LogP contribution in [0.15, 0.2) is 18.3 Å². The first kappa shape index (κ1) is 23.9. The minimum Gasteiger partial charge on any atom is -0.368 e. The number of nitrogens with zero attached hydrogens (tertiary/aromatic N) is 4. The Morgan fingerprint density at radius 2 is 1.22 bits per heavy atom. The van der Waals surface area contributed by atoms with Gasteiger partial charge in [0.25, 0.3) is 0 Å². The van der Waals surface area contributed by atoms with Crippen molar-refractivity contribution >= 4 is 11.9 Å². The monoisotopic (exact) mass is 438 g/mol. The number of anilines is 2. The van der Waals surface area contributed by atoms with Crippen LogP contribution in [0.2, 0.25) is 0 Å². The summed E-state index contributed by atoms with van der Waals surface area (Å²) in [7, 11) is -4.94. The fourth-order valence-electron chi connectivity index (χ4n) is 1.22. The Bertz CT molecular complexity index is 525. The molecule has 2 aromatic rings. The van der Waals surface area contributed by atoms with Crippen LogP contribution >= 0.6 is 0 Å². The molecule has 0 aliphatic heterocycles. The van der Waals surface area contributed by atoms with Gasteiger partial charge in [-0.15, -0.1) is 10.2 Å². The van der Waals surface area contributed by atoms with Gasteiger partial charge in [-0.25, -0.2) is 38.6 Å². The summed E-state index contributed by atoms with van der Waals surface area (Å²) in [6.07, 6.45) is 1.64. The molecule has 2 rings (SSSR count). The van der Waals surface area contributed by atoms with Gasteiger partial charge < -0.3 is 11.5 Å². The molecular formula is C11H16AgClN6O4. The van der Waals surface area contributed by atoms with Crippen LogP contribution in [0.4, 0.5) is 11.9 Å². The fourth-order valence-corrected chi connectivity index (χ4v) is 1.22. The third-order valence-electron chi connectivity index (χ3n) is 1.81. The van der Waals surface area contributed by atoms with Crippen molar-refractivity contribution < 1.29 is 51.3 Å². The number of aryl methyl sites for hydroxylation is 3. The first-order valence-electron chi connectivity index (χ1n) is 5.72. The van der Waals surface area contributed by atoms with Gasteiger partial charge in [0, 0.05) is 23.3 Å². The Balaban J connectivity index is 0. The molecule has 0 fully saturated rings. The maximum absolute atomic E-state index is 8.49. The molecule has 0 amide bonds. The van der Waals surface area contributed by atoms with Crippen molar-refractivity contribution in [1.29, 1.82) is 0 Å². The summed E-state index contributed by atoms with van der Waals surface area (Å²) >= 11 is 0. The molecular weight excluding hydrogens is 423 g/mol. The first-order chi connectivity index (χ1) is 9.97. The largest absolute Gasteiger partial charge is 1.00 e. The zero-order valence-electron chi connectivity index (χ0n) is 12.5. The van der Waals surface area contributed by atoms with Gasteiger partial charge in [0.05, 0.1) is 0 Å². The smallest absolute Gasteiger partial charge is 0.368 e. The molecule has 0 aromatic carbocycles. The van der Waals surface area contributed by atoms with Crippen LogP contribution in [0.25, 0.3) is 0 Å². The van der Waals surface area contributed by atoms with E-state index in [1.807, 2.05) is 26.8 Å². The molecule has 0 saturated heterocycles. The Labute approximate surface area is 150 Å². The van der Waals surface area contributed by atoms with E-state index in [9.17, 15) is 0 Å². The molecule has 4 N–H and O–H groups in total. The Hall–Kier alpha value is -1.37. The van der Waals surface area contributed by atoms with Crippen molar-refractivity contribution in [1.82, 2.24) is 19.9 Å². The Morgan fingerprint density at radius 3 is 1.48 bits per heavy atom. The zero-order valence-corrected chi connectivity index (χ0v) is 14.7. The molecule has 132 valence electrons. The number of nitrogen functional groups attached to an aromatic ring is 2. The molecule has 0 saturated carbocycles. The summed E-state index contributed by atoms with van der Waals surface area (Å²) < 4.78 is 34.0. The van der Waals surface area contributed by atoms with Gasteiger partial charge in [0.2, 0.25) is 11.9 Å². The average Bonchev–Trinajstić information content (AvgIpc) is 2.24. The predicted molar refractivity (Wildman–Crippen MR) is 67.1 cm³/mol. The second-order valence-electron chi connectivity index (χ2n) is 3.94. The summed E-state index contributed by atoms with van der Waals surface area (Å²) in [6.45, 7) is 5.66. The summed E-state index contributed by atoms with van der Waals surface area (Å²) in [5, 5.41) is 0. The van der Waals surface area contributed by atoms with Crippen LogP contribution in [0, 0.1) is 31.0 Å². The van der Waals surface area contributed by atoms with Crippen LogP contribution in [-0.4, -0.2) is 19.9 Å². The molecule has 23 heavy (non-hydrogen) atoms. The number of aromatic nitrogens is 4. The molecule has 12 heteroatoms. The molecule has 0 aliphatic rings. The van der Waals surface area contributed by atoms with E-state index in [1.165, 1.54) is 0 Å².